The molecule has 0 unspecified atom stereocenters. The second kappa shape index (κ2) is 10.1. The summed E-state index contributed by atoms with van der Waals surface area (Å²) in [7, 11) is 0. The molecule has 0 fully saturated rings. The molecule has 0 atom stereocenters. The Hall–Kier alpha value is -3.11. The SMILES string of the molecule is Cc1ccc(N(CCC#N)C(=O)CSc2nnc(C)n2Cc2ccccc2)cc1C. The third kappa shape index (κ3) is 5.28. The van der Waals surface area contributed by atoms with Crippen molar-refractivity contribution in [2.75, 3.05) is 17.2 Å². The largest absolute Gasteiger partial charge is 0.311 e. The number of aromatic nitrogens is 3. The lowest BCUT2D eigenvalue weighted by atomic mass is 10.1. The topological polar surface area (TPSA) is 74.8 Å². The summed E-state index contributed by atoms with van der Waals surface area (Å²) >= 11 is 1.37. The molecule has 7 heteroatoms. The van der Waals surface area contributed by atoms with Gasteiger partial charge in [-0.25, -0.2) is 0 Å². The van der Waals surface area contributed by atoms with Crippen LogP contribution in [-0.2, 0) is 11.3 Å². The molecule has 30 heavy (non-hydrogen) atoms. The highest BCUT2D eigenvalue weighted by molar-refractivity contribution is 7.99. The number of rotatable bonds is 8. The monoisotopic (exact) mass is 419 g/mol. The van der Waals surface area contributed by atoms with Crippen LogP contribution in [0, 0.1) is 32.1 Å². The molecule has 154 valence electrons. The molecule has 0 aliphatic rings. The van der Waals surface area contributed by atoms with Crippen molar-refractivity contribution in [1.29, 1.82) is 5.26 Å². The average Bonchev–Trinajstić information content (AvgIpc) is 3.09. The molecule has 0 spiro atoms. The van der Waals surface area contributed by atoms with Crippen LogP contribution in [0.2, 0.25) is 0 Å². The number of carbonyl (C=O) groups excluding carboxylic acids is 1. The van der Waals surface area contributed by atoms with E-state index in [4.69, 9.17) is 5.26 Å². The summed E-state index contributed by atoms with van der Waals surface area (Å²) in [5, 5.41) is 18.2. The first-order valence-electron chi connectivity index (χ1n) is 9.80. The summed E-state index contributed by atoms with van der Waals surface area (Å²) in [4.78, 5) is 14.7. The Labute approximate surface area is 181 Å². The summed E-state index contributed by atoms with van der Waals surface area (Å²) in [6.45, 7) is 7.00. The van der Waals surface area contributed by atoms with Crippen molar-refractivity contribution >= 4 is 23.4 Å². The number of aryl methyl sites for hydroxylation is 3. The maximum absolute atomic E-state index is 13.0. The number of nitriles is 1. The van der Waals surface area contributed by atoms with Crippen LogP contribution in [0.15, 0.2) is 53.7 Å². The van der Waals surface area contributed by atoms with E-state index >= 15 is 0 Å². The number of amides is 1. The minimum atomic E-state index is -0.0505. The Balaban J connectivity index is 1.74. The first-order chi connectivity index (χ1) is 14.5. The number of hydrogen-bond acceptors (Lipinski definition) is 5. The number of anilines is 1. The molecule has 1 heterocycles. The minimum absolute atomic E-state index is 0.0505. The quantitative estimate of drug-likeness (QED) is 0.509. The highest BCUT2D eigenvalue weighted by atomic mass is 32.2. The van der Waals surface area contributed by atoms with Gasteiger partial charge in [-0.1, -0.05) is 48.2 Å². The number of carbonyl (C=O) groups is 1. The van der Waals surface area contributed by atoms with Gasteiger partial charge in [-0.3, -0.25) is 4.79 Å². The van der Waals surface area contributed by atoms with Crippen LogP contribution < -0.4 is 4.90 Å². The van der Waals surface area contributed by atoms with Crippen molar-refractivity contribution in [3.8, 4) is 6.07 Å². The van der Waals surface area contributed by atoms with E-state index in [-0.39, 0.29) is 18.1 Å². The fraction of sp³-hybridized carbons (Fsp3) is 0.304. The van der Waals surface area contributed by atoms with Gasteiger partial charge in [-0.05, 0) is 49.6 Å². The van der Waals surface area contributed by atoms with Crippen LogP contribution in [-0.4, -0.2) is 33.0 Å². The summed E-state index contributed by atoms with van der Waals surface area (Å²) in [6.07, 6.45) is 0.284. The van der Waals surface area contributed by atoms with E-state index in [1.165, 1.54) is 17.3 Å². The molecule has 0 bridgehead atoms. The van der Waals surface area contributed by atoms with Gasteiger partial charge in [0.2, 0.25) is 5.91 Å². The molecule has 0 saturated carbocycles. The molecule has 3 aromatic rings. The molecule has 0 radical (unpaired) electrons. The van der Waals surface area contributed by atoms with E-state index in [1.807, 2.05) is 61.7 Å². The molecule has 3 rings (SSSR count). The number of thioether (sulfide) groups is 1. The summed E-state index contributed by atoms with van der Waals surface area (Å²) in [5.41, 5.74) is 4.26. The summed E-state index contributed by atoms with van der Waals surface area (Å²) in [6, 6.07) is 18.2. The van der Waals surface area contributed by atoms with E-state index in [9.17, 15) is 4.79 Å². The van der Waals surface area contributed by atoms with E-state index in [0.29, 0.717) is 18.2 Å². The van der Waals surface area contributed by atoms with Crippen LogP contribution in [0.5, 0.6) is 0 Å². The third-order valence-corrected chi connectivity index (χ3v) is 5.91. The van der Waals surface area contributed by atoms with Crippen LogP contribution in [0.1, 0.15) is 28.9 Å². The summed E-state index contributed by atoms with van der Waals surface area (Å²) in [5.74, 6) is 0.986. The minimum Gasteiger partial charge on any atom is -0.311 e. The van der Waals surface area contributed by atoms with Crippen LogP contribution in [0.25, 0.3) is 0 Å². The number of hydrogen-bond donors (Lipinski definition) is 0. The van der Waals surface area contributed by atoms with E-state index < -0.39 is 0 Å². The zero-order valence-electron chi connectivity index (χ0n) is 17.5. The highest BCUT2D eigenvalue weighted by Crippen LogP contribution is 2.23. The molecule has 1 amide bonds. The summed E-state index contributed by atoms with van der Waals surface area (Å²) < 4.78 is 2.02. The highest BCUT2D eigenvalue weighted by Gasteiger charge is 2.19. The average molecular weight is 420 g/mol. The molecule has 0 aliphatic heterocycles. The predicted octanol–water partition coefficient (Wildman–Crippen LogP) is 4.29. The van der Waals surface area contributed by atoms with Gasteiger partial charge < -0.3 is 9.47 Å². The van der Waals surface area contributed by atoms with Crippen molar-refractivity contribution in [3.05, 3.63) is 71.0 Å². The Bertz CT molecular complexity index is 1060. The molecular weight excluding hydrogens is 394 g/mol. The smallest absolute Gasteiger partial charge is 0.237 e. The molecular formula is C23H25N5OS. The first kappa shape index (κ1) is 21.6. The normalized spacial score (nSPS) is 10.6. The zero-order valence-corrected chi connectivity index (χ0v) is 18.3. The molecule has 0 N–H and O–H groups in total. The van der Waals surface area contributed by atoms with Crippen molar-refractivity contribution in [2.45, 2.75) is 38.9 Å². The maximum Gasteiger partial charge on any atom is 0.237 e. The second-order valence-electron chi connectivity index (χ2n) is 7.11. The number of benzene rings is 2. The van der Waals surface area contributed by atoms with E-state index in [2.05, 4.69) is 28.4 Å². The van der Waals surface area contributed by atoms with Crippen molar-refractivity contribution < 1.29 is 4.79 Å². The van der Waals surface area contributed by atoms with Gasteiger partial charge in [0.25, 0.3) is 0 Å². The Morgan fingerprint density at radius 3 is 2.57 bits per heavy atom. The van der Waals surface area contributed by atoms with Crippen molar-refractivity contribution in [2.24, 2.45) is 0 Å². The lowest BCUT2D eigenvalue weighted by Crippen LogP contribution is -2.33. The Morgan fingerprint density at radius 1 is 1.10 bits per heavy atom. The van der Waals surface area contributed by atoms with Crippen LogP contribution in [0.4, 0.5) is 5.69 Å². The predicted molar refractivity (Wildman–Crippen MR) is 120 cm³/mol. The fourth-order valence-corrected chi connectivity index (χ4v) is 3.93. The molecule has 0 saturated heterocycles. The van der Waals surface area contributed by atoms with Gasteiger partial charge in [0.05, 0.1) is 24.8 Å². The van der Waals surface area contributed by atoms with Gasteiger partial charge in [-0.2, -0.15) is 5.26 Å². The van der Waals surface area contributed by atoms with Gasteiger partial charge in [0, 0.05) is 12.2 Å². The molecule has 6 nitrogen and oxygen atoms in total. The van der Waals surface area contributed by atoms with Gasteiger partial charge in [-0.15, -0.1) is 10.2 Å². The van der Waals surface area contributed by atoms with E-state index in [0.717, 1.165) is 22.6 Å². The van der Waals surface area contributed by atoms with Crippen LogP contribution in [0.3, 0.4) is 0 Å². The fourth-order valence-electron chi connectivity index (χ4n) is 3.07. The lowest BCUT2D eigenvalue weighted by molar-refractivity contribution is -0.116. The molecule has 1 aromatic heterocycles. The van der Waals surface area contributed by atoms with E-state index in [1.54, 1.807) is 4.90 Å². The standard InChI is InChI=1S/C23H25N5OS/c1-17-10-11-21(14-18(17)2)27(13-7-12-24)22(29)16-30-23-26-25-19(3)28(23)15-20-8-5-4-6-9-20/h4-6,8-11,14H,7,13,15-16H2,1-3H3. The van der Waals surface area contributed by atoms with Crippen molar-refractivity contribution in [3.63, 3.8) is 0 Å². The van der Waals surface area contributed by atoms with Gasteiger partial charge in [0.15, 0.2) is 5.16 Å². The third-order valence-electron chi connectivity index (χ3n) is 4.96. The maximum atomic E-state index is 13.0. The van der Waals surface area contributed by atoms with Crippen LogP contribution >= 0.6 is 11.8 Å². The first-order valence-corrected chi connectivity index (χ1v) is 10.8. The Morgan fingerprint density at radius 2 is 1.87 bits per heavy atom. The van der Waals surface area contributed by atoms with Gasteiger partial charge >= 0.3 is 0 Å². The molecule has 0 aliphatic carbocycles. The number of nitrogens with zero attached hydrogens (tertiary/aromatic N) is 5. The zero-order chi connectivity index (χ0) is 21.5. The Kier molecular flexibility index (Phi) is 7.26. The molecule has 2 aromatic carbocycles. The second-order valence-corrected chi connectivity index (χ2v) is 8.05. The van der Waals surface area contributed by atoms with Crippen molar-refractivity contribution in [1.82, 2.24) is 14.8 Å². The lowest BCUT2D eigenvalue weighted by Gasteiger charge is -2.22. The van der Waals surface area contributed by atoms with Gasteiger partial charge in [0.1, 0.15) is 5.82 Å².